The number of carbonyl (C=O) groups is 1. The van der Waals surface area contributed by atoms with Crippen LogP contribution in [-0.2, 0) is 18.4 Å². The van der Waals surface area contributed by atoms with E-state index >= 15 is 0 Å². The molecule has 1 aromatic carbocycles. The van der Waals surface area contributed by atoms with Crippen molar-refractivity contribution < 1.29 is 4.79 Å². The van der Waals surface area contributed by atoms with E-state index in [0.29, 0.717) is 0 Å². The Morgan fingerprint density at radius 3 is 2.52 bits per heavy atom. The number of para-hydroxylation sites is 2. The number of carbonyl (C=O) groups excluding carboxylic acids is 1. The maximum absolute atomic E-state index is 12.3. The van der Waals surface area contributed by atoms with Gasteiger partial charge in [0.15, 0.2) is 0 Å². The van der Waals surface area contributed by atoms with Crippen molar-refractivity contribution >= 4 is 16.9 Å². The highest BCUT2D eigenvalue weighted by molar-refractivity contribution is 5.81. The lowest BCUT2D eigenvalue weighted by molar-refractivity contribution is -0.122. The molecule has 23 heavy (non-hydrogen) atoms. The normalized spacial score (nSPS) is 12.3. The lowest BCUT2D eigenvalue weighted by Gasteiger charge is -2.14. The molecule has 3 aromatic rings. The van der Waals surface area contributed by atoms with E-state index in [4.69, 9.17) is 0 Å². The van der Waals surface area contributed by atoms with Crippen LogP contribution in [0, 0.1) is 0 Å². The molecule has 6 nitrogen and oxygen atoms in total. The van der Waals surface area contributed by atoms with Crippen LogP contribution in [0.15, 0.2) is 53.6 Å². The molecule has 0 spiro atoms. The van der Waals surface area contributed by atoms with Crippen molar-refractivity contribution in [2.24, 2.45) is 7.05 Å². The molecular weight excluding hydrogens is 292 g/mol. The number of aromatic nitrogens is 3. The Balaban J connectivity index is 1.81. The van der Waals surface area contributed by atoms with E-state index in [1.54, 1.807) is 24.0 Å². The number of benzene rings is 1. The fraction of sp³-hybridized carbons (Fsp3) is 0.235. The summed E-state index contributed by atoms with van der Waals surface area (Å²) in [6.07, 6.45) is 3.38. The van der Waals surface area contributed by atoms with Crippen LogP contribution >= 0.6 is 0 Å². The van der Waals surface area contributed by atoms with Crippen LogP contribution in [-0.4, -0.2) is 20.0 Å². The van der Waals surface area contributed by atoms with Gasteiger partial charge in [-0.3, -0.25) is 18.9 Å². The Labute approximate surface area is 133 Å². The van der Waals surface area contributed by atoms with Crippen molar-refractivity contribution in [3.05, 3.63) is 64.8 Å². The maximum atomic E-state index is 12.3. The highest BCUT2D eigenvalue weighted by atomic mass is 16.2. The number of nitrogens with one attached hydrogen (secondary N) is 1. The molecular formula is C17H18N4O2. The van der Waals surface area contributed by atoms with E-state index < -0.39 is 0 Å². The van der Waals surface area contributed by atoms with Crippen molar-refractivity contribution in [1.82, 2.24) is 19.4 Å². The summed E-state index contributed by atoms with van der Waals surface area (Å²) < 4.78 is 3.04. The van der Waals surface area contributed by atoms with E-state index in [0.717, 1.165) is 16.6 Å². The third-order valence-electron chi connectivity index (χ3n) is 3.94. The lowest BCUT2D eigenvalue weighted by Crippen LogP contribution is -2.34. The van der Waals surface area contributed by atoms with Crippen LogP contribution in [0.2, 0.25) is 0 Å². The summed E-state index contributed by atoms with van der Waals surface area (Å²) in [5.74, 6) is -0.201. The number of nitrogens with zero attached hydrogens (tertiary/aromatic N) is 3. The summed E-state index contributed by atoms with van der Waals surface area (Å²) in [5, 5.41) is 2.91. The van der Waals surface area contributed by atoms with E-state index in [9.17, 15) is 9.59 Å². The maximum Gasteiger partial charge on any atom is 0.329 e. The van der Waals surface area contributed by atoms with Gasteiger partial charge in [-0.15, -0.1) is 0 Å². The number of amides is 1. The third-order valence-corrected chi connectivity index (χ3v) is 3.94. The van der Waals surface area contributed by atoms with Gasteiger partial charge in [0.2, 0.25) is 5.91 Å². The Kier molecular flexibility index (Phi) is 3.97. The van der Waals surface area contributed by atoms with Crippen molar-refractivity contribution in [2.75, 3.05) is 0 Å². The molecule has 0 saturated carbocycles. The molecule has 0 unspecified atom stereocenters. The van der Waals surface area contributed by atoms with Crippen LogP contribution in [0.1, 0.15) is 18.5 Å². The minimum Gasteiger partial charge on any atom is -0.348 e. The zero-order valence-corrected chi connectivity index (χ0v) is 13.1. The molecule has 0 radical (unpaired) electrons. The number of rotatable bonds is 4. The molecule has 118 valence electrons. The first-order valence-corrected chi connectivity index (χ1v) is 7.41. The largest absolute Gasteiger partial charge is 0.348 e. The predicted octanol–water partition coefficient (Wildman–Crippen LogP) is 1.61. The molecule has 6 heteroatoms. The first-order valence-electron chi connectivity index (χ1n) is 7.41. The molecule has 0 saturated heterocycles. The van der Waals surface area contributed by atoms with Crippen LogP contribution < -0.4 is 11.0 Å². The molecule has 1 atom stereocenters. The summed E-state index contributed by atoms with van der Waals surface area (Å²) in [4.78, 5) is 28.6. The topological polar surface area (TPSA) is 68.9 Å². The summed E-state index contributed by atoms with van der Waals surface area (Å²) in [6.45, 7) is 1.90. The van der Waals surface area contributed by atoms with Gasteiger partial charge in [-0.05, 0) is 36.8 Å². The number of aryl methyl sites for hydroxylation is 1. The third kappa shape index (κ3) is 2.88. The van der Waals surface area contributed by atoms with Gasteiger partial charge >= 0.3 is 5.69 Å². The molecule has 2 aromatic heterocycles. The van der Waals surface area contributed by atoms with Gasteiger partial charge in [-0.25, -0.2) is 4.79 Å². The molecule has 0 bridgehead atoms. The Bertz CT molecular complexity index is 896. The van der Waals surface area contributed by atoms with E-state index in [2.05, 4.69) is 10.3 Å². The average Bonchev–Trinajstić information content (AvgIpc) is 2.81. The Morgan fingerprint density at radius 2 is 1.83 bits per heavy atom. The van der Waals surface area contributed by atoms with Gasteiger partial charge in [0.1, 0.15) is 6.54 Å². The number of fused-ring (bicyclic) bond motifs is 1. The fourth-order valence-corrected chi connectivity index (χ4v) is 2.68. The molecule has 3 rings (SSSR count). The van der Waals surface area contributed by atoms with Gasteiger partial charge < -0.3 is 5.32 Å². The molecule has 2 heterocycles. The van der Waals surface area contributed by atoms with Crippen molar-refractivity contribution in [3.63, 3.8) is 0 Å². The summed E-state index contributed by atoms with van der Waals surface area (Å²) in [6, 6.07) is 11.0. The second-order valence-electron chi connectivity index (χ2n) is 5.49. The van der Waals surface area contributed by atoms with Crippen LogP contribution in [0.25, 0.3) is 11.0 Å². The van der Waals surface area contributed by atoms with E-state index in [-0.39, 0.29) is 24.2 Å². The SMILES string of the molecule is C[C@@H](NC(=O)Cn1c(=O)n(C)c2ccccc21)c1ccncc1. The zero-order chi connectivity index (χ0) is 16.4. The number of hydrogen-bond donors (Lipinski definition) is 1. The molecule has 0 aliphatic carbocycles. The summed E-state index contributed by atoms with van der Waals surface area (Å²) >= 11 is 0. The van der Waals surface area contributed by atoms with Crippen LogP contribution in [0.3, 0.4) is 0 Å². The molecule has 0 fully saturated rings. The van der Waals surface area contributed by atoms with Crippen molar-refractivity contribution in [2.45, 2.75) is 19.5 Å². The first kappa shape index (κ1) is 15.0. The smallest absolute Gasteiger partial charge is 0.329 e. The standard InChI is InChI=1S/C17H18N4O2/c1-12(13-7-9-18-10-8-13)19-16(22)11-21-15-6-4-3-5-14(15)20(2)17(21)23/h3-10,12H,11H2,1-2H3,(H,19,22)/t12-/m1/s1. The molecule has 1 N–H and O–H groups in total. The lowest BCUT2D eigenvalue weighted by atomic mass is 10.1. The van der Waals surface area contributed by atoms with Crippen LogP contribution in [0.5, 0.6) is 0 Å². The number of pyridine rings is 1. The van der Waals surface area contributed by atoms with Crippen molar-refractivity contribution in [1.29, 1.82) is 0 Å². The van der Waals surface area contributed by atoms with Gasteiger partial charge in [0, 0.05) is 19.4 Å². The second kappa shape index (κ2) is 6.08. The highest BCUT2D eigenvalue weighted by Crippen LogP contribution is 2.12. The van der Waals surface area contributed by atoms with Crippen molar-refractivity contribution in [3.8, 4) is 0 Å². The average molecular weight is 310 g/mol. The van der Waals surface area contributed by atoms with Crippen LogP contribution in [0.4, 0.5) is 0 Å². The Morgan fingerprint density at radius 1 is 1.17 bits per heavy atom. The quantitative estimate of drug-likeness (QED) is 0.796. The number of hydrogen-bond acceptors (Lipinski definition) is 3. The first-order chi connectivity index (χ1) is 11.1. The van der Waals surface area contributed by atoms with Gasteiger partial charge in [0.05, 0.1) is 17.1 Å². The summed E-state index contributed by atoms with van der Waals surface area (Å²) in [7, 11) is 1.71. The zero-order valence-electron chi connectivity index (χ0n) is 13.1. The predicted molar refractivity (Wildman–Crippen MR) is 88.0 cm³/mol. The second-order valence-corrected chi connectivity index (χ2v) is 5.49. The molecule has 0 aliphatic rings. The van der Waals surface area contributed by atoms with Gasteiger partial charge in [-0.1, -0.05) is 12.1 Å². The minimum absolute atomic E-state index is 0.00435. The molecule has 0 aliphatic heterocycles. The highest BCUT2D eigenvalue weighted by Gasteiger charge is 2.15. The minimum atomic E-state index is -0.201. The Hall–Kier alpha value is -2.89. The van der Waals surface area contributed by atoms with Gasteiger partial charge in [0.25, 0.3) is 0 Å². The number of imidazole rings is 1. The van der Waals surface area contributed by atoms with Gasteiger partial charge in [-0.2, -0.15) is 0 Å². The van der Waals surface area contributed by atoms with E-state index in [1.807, 2.05) is 43.3 Å². The van der Waals surface area contributed by atoms with E-state index in [1.165, 1.54) is 4.57 Å². The summed E-state index contributed by atoms with van der Waals surface area (Å²) in [5.41, 5.74) is 2.34. The fourth-order valence-electron chi connectivity index (χ4n) is 2.68. The molecule has 1 amide bonds. The monoisotopic (exact) mass is 310 g/mol.